The number of hydrogen-bond acceptors (Lipinski definition) is 3. The molecule has 1 unspecified atom stereocenters. The lowest BCUT2D eigenvalue weighted by molar-refractivity contribution is 0.262. The molecule has 1 aliphatic carbocycles. The summed E-state index contributed by atoms with van der Waals surface area (Å²) in [6, 6.07) is 2.20. The van der Waals surface area contributed by atoms with Gasteiger partial charge in [0.2, 0.25) is 0 Å². The Bertz CT molecular complexity index is 280. The van der Waals surface area contributed by atoms with Crippen molar-refractivity contribution in [3.63, 3.8) is 0 Å². The van der Waals surface area contributed by atoms with E-state index in [9.17, 15) is 0 Å². The van der Waals surface area contributed by atoms with Gasteiger partial charge in [-0.2, -0.15) is 0 Å². The van der Waals surface area contributed by atoms with Crippen LogP contribution < -0.4 is 10.5 Å². The largest absolute Gasteiger partial charge is 0.496 e. The Morgan fingerprint density at radius 1 is 1.62 bits per heavy atom. The van der Waals surface area contributed by atoms with Crippen molar-refractivity contribution in [1.82, 2.24) is 0 Å². The van der Waals surface area contributed by atoms with Crippen molar-refractivity contribution in [2.24, 2.45) is 11.7 Å². The van der Waals surface area contributed by atoms with Crippen LogP contribution in [-0.2, 0) is 0 Å². The fourth-order valence-corrected chi connectivity index (χ4v) is 2.69. The van der Waals surface area contributed by atoms with Gasteiger partial charge in [0.15, 0.2) is 0 Å². The number of thiophene rings is 1. The van der Waals surface area contributed by atoms with E-state index in [1.807, 2.05) is 11.4 Å². The summed E-state index contributed by atoms with van der Waals surface area (Å²) in [6.07, 6.45) is 3.90. The smallest absolute Gasteiger partial charge is 0.134 e. The van der Waals surface area contributed by atoms with Gasteiger partial charge in [-0.05, 0) is 30.2 Å². The molecule has 0 amide bonds. The summed E-state index contributed by atoms with van der Waals surface area (Å²) in [5.74, 6) is 1.65. The van der Waals surface area contributed by atoms with Crippen molar-refractivity contribution in [2.45, 2.75) is 25.3 Å². The molecule has 3 heteroatoms. The summed E-state index contributed by atoms with van der Waals surface area (Å²) in [5.41, 5.74) is 6.15. The Morgan fingerprint density at radius 2 is 2.38 bits per heavy atom. The molecule has 13 heavy (non-hydrogen) atoms. The standard InChI is InChI=1S/C10H15NOS/c1-12-8-5-6-13-10(8)9(11)7-3-2-4-7/h5-7,9H,2-4,11H2,1H3. The quantitative estimate of drug-likeness (QED) is 0.808. The van der Waals surface area contributed by atoms with Crippen LogP contribution in [0.4, 0.5) is 0 Å². The summed E-state index contributed by atoms with van der Waals surface area (Å²) in [6.45, 7) is 0. The van der Waals surface area contributed by atoms with Crippen molar-refractivity contribution in [2.75, 3.05) is 7.11 Å². The molecule has 2 N–H and O–H groups in total. The second-order valence-electron chi connectivity index (χ2n) is 3.57. The van der Waals surface area contributed by atoms with Gasteiger partial charge < -0.3 is 10.5 Å². The summed E-state index contributed by atoms with van der Waals surface area (Å²) in [7, 11) is 1.71. The predicted octanol–water partition coefficient (Wildman–Crippen LogP) is 2.56. The molecule has 0 aliphatic heterocycles. The van der Waals surface area contributed by atoms with Gasteiger partial charge in [-0.15, -0.1) is 11.3 Å². The van der Waals surface area contributed by atoms with Crippen LogP contribution in [0.3, 0.4) is 0 Å². The maximum absolute atomic E-state index is 6.15. The summed E-state index contributed by atoms with van der Waals surface area (Å²) in [5, 5.41) is 2.05. The minimum atomic E-state index is 0.198. The predicted molar refractivity (Wildman–Crippen MR) is 55.1 cm³/mol. The number of methoxy groups -OCH3 is 1. The van der Waals surface area contributed by atoms with Gasteiger partial charge in [0, 0.05) is 6.04 Å². The zero-order valence-electron chi connectivity index (χ0n) is 7.82. The first-order chi connectivity index (χ1) is 6.33. The van der Waals surface area contributed by atoms with Crippen LogP contribution in [0, 0.1) is 5.92 Å². The first-order valence-electron chi connectivity index (χ1n) is 4.70. The third-order valence-electron chi connectivity index (χ3n) is 2.84. The lowest BCUT2D eigenvalue weighted by atomic mass is 9.79. The van der Waals surface area contributed by atoms with E-state index in [1.54, 1.807) is 18.4 Å². The molecule has 1 saturated carbocycles. The highest BCUT2D eigenvalue weighted by molar-refractivity contribution is 7.10. The Kier molecular flexibility index (Phi) is 2.56. The van der Waals surface area contributed by atoms with E-state index in [1.165, 1.54) is 24.1 Å². The fourth-order valence-electron chi connectivity index (χ4n) is 1.73. The maximum Gasteiger partial charge on any atom is 0.134 e. The van der Waals surface area contributed by atoms with Gasteiger partial charge in [-0.3, -0.25) is 0 Å². The number of rotatable bonds is 3. The minimum Gasteiger partial charge on any atom is -0.496 e. The first-order valence-corrected chi connectivity index (χ1v) is 5.58. The third kappa shape index (κ3) is 1.58. The number of ether oxygens (including phenoxy) is 1. The topological polar surface area (TPSA) is 35.2 Å². The van der Waals surface area contributed by atoms with Crippen LogP contribution in [-0.4, -0.2) is 7.11 Å². The molecular formula is C10H15NOS. The average Bonchev–Trinajstić information content (AvgIpc) is 2.47. The van der Waals surface area contributed by atoms with E-state index >= 15 is 0 Å². The van der Waals surface area contributed by atoms with E-state index in [2.05, 4.69) is 0 Å². The van der Waals surface area contributed by atoms with Crippen LogP contribution in [0.1, 0.15) is 30.2 Å². The Morgan fingerprint density at radius 3 is 2.92 bits per heavy atom. The van der Waals surface area contributed by atoms with Gasteiger partial charge in [-0.25, -0.2) is 0 Å². The van der Waals surface area contributed by atoms with Gasteiger partial charge in [0.25, 0.3) is 0 Å². The van der Waals surface area contributed by atoms with E-state index in [0.717, 1.165) is 5.75 Å². The second kappa shape index (κ2) is 3.68. The lowest BCUT2D eigenvalue weighted by Crippen LogP contribution is -2.26. The molecule has 0 saturated heterocycles. The summed E-state index contributed by atoms with van der Waals surface area (Å²) in [4.78, 5) is 1.22. The van der Waals surface area contributed by atoms with Gasteiger partial charge in [0.1, 0.15) is 5.75 Å². The first kappa shape index (κ1) is 9.03. The van der Waals surface area contributed by atoms with Crippen LogP contribution >= 0.6 is 11.3 Å². The van der Waals surface area contributed by atoms with E-state index < -0.39 is 0 Å². The molecule has 0 spiro atoms. The van der Waals surface area contributed by atoms with Gasteiger partial charge in [-0.1, -0.05) is 6.42 Å². The molecule has 2 rings (SSSR count). The zero-order chi connectivity index (χ0) is 9.26. The molecule has 1 fully saturated rings. The summed E-state index contributed by atoms with van der Waals surface area (Å²) >= 11 is 1.71. The molecule has 1 aliphatic rings. The second-order valence-corrected chi connectivity index (χ2v) is 4.52. The fraction of sp³-hybridized carbons (Fsp3) is 0.600. The van der Waals surface area contributed by atoms with Gasteiger partial charge in [0.05, 0.1) is 12.0 Å². The Hall–Kier alpha value is -0.540. The van der Waals surface area contributed by atoms with Crippen LogP contribution in [0.2, 0.25) is 0 Å². The van der Waals surface area contributed by atoms with Crippen molar-refractivity contribution in [3.05, 3.63) is 16.3 Å². The average molecular weight is 197 g/mol. The molecule has 0 bridgehead atoms. The van der Waals surface area contributed by atoms with Crippen molar-refractivity contribution in [3.8, 4) is 5.75 Å². The van der Waals surface area contributed by atoms with Crippen molar-refractivity contribution >= 4 is 11.3 Å². The molecule has 0 radical (unpaired) electrons. The molecule has 1 heterocycles. The van der Waals surface area contributed by atoms with Crippen molar-refractivity contribution < 1.29 is 4.74 Å². The van der Waals surface area contributed by atoms with Crippen LogP contribution in [0.15, 0.2) is 11.4 Å². The highest BCUT2D eigenvalue weighted by Crippen LogP contribution is 2.41. The molecule has 1 aromatic heterocycles. The molecule has 2 nitrogen and oxygen atoms in total. The maximum atomic E-state index is 6.15. The molecule has 72 valence electrons. The molecular weight excluding hydrogens is 182 g/mol. The number of nitrogens with two attached hydrogens (primary N) is 1. The van der Waals surface area contributed by atoms with Gasteiger partial charge >= 0.3 is 0 Å². The third-order valence-corrected chi connectivity index (χ3v) is 3.84. The highest BCUT2D eigenvalue weighted by atomic mass is 32.1. The van der Waals surface area contributed by atoms with E-state index in [-0.39, 0.29) is 6.04 Å². The SMILES string of the molecule is COc1ccsc1C(N)C1CCC1. The van der Waals surface area contributed by atoms with Crippen molar-refractivity contribution in [1.29, 1.82) is 0 Å². The Balaban J connectivity index is 2.13. The lowest BCUT2D eigenvalue weighted by Gasteiger charge is -2.30. The van der Waals surface area contributed by atoms with E-state index in [4.69, 9.17) is 10.5 Å². The summed E-state index contributed by atoms with van der Waals surface area (Å²) < 4.78 is 5.26. The van der Waals surface area contributed by atoms with Crippen LogP contribution in [0.5, 0.6) is 5.75 Å². The van der Waals surface area contributed by atoms with E-state index in [0.29, 0.717) is 5.92 Å². The normalized spacial score (nSPS) is 19.5. The monoisotopic (exact) mass is 197 g/mol. The Labute approximate surface area is 82.7 Å². The number of hydrogen-bond donors (Lipinski definition) is 1. The molecule has 1 atom stereocenters. The highest BCUT2D eigenvalue weighted by Gasteiger charge is 2.28. The molecule has 1 aromatic rings. The minimum absolute atomic E-state index is 0.198. The van der Waals surface area contributed by atoms with Crippen LogP contribution in [0.25, 0.3) is 0 Å². The molecule has 0 aromatic carbocycles. The zero-order valence-corrected chi connectivity index (χ0v) is 8.64.